The van der Waals surface area contributed by atoms with Crippen molar-refractivity contribution < 1.29 is 24.1 Å². The molecule has 0 amide bonds. The third-order valence-electron chi connectivity index (χ3n) is 2.34. The number of rotatable bonds is 6. The summed E-state index contributed by atoms with van der Waals surface area (Å²) in [6.07, 6.45) is 0.706. The minimum Gasteiger partial charge on any atom is -0.496 e. The highest BCUT2D eigenvalue weighted by Crippen LogP contribution is 2.27. The summed E-state index contributed by atoms with van der Waals surface area (Å²) in [5.41, 5.74) is 0.576. The van der Waals surface area contributed by atoms with Gasteiger partial charge in [0.1, 0.15) is 5.75 Å². The van der Waals surface area contributed by atoms with Gasteiger partial charge < -0.3 is 19.3 Å². The van der Waals surface area contributed by atoms with Gasteiger partial charge in [-0.25, -0.2) is 9.78 Å². The Kier molecular flexibility index (Phi) is 4.71. The average Bonchev–Trinajstić information content (AvgIpc) is 2.35. The van der Waals surface area contributed by atoms with Gasteiger partial charge in [-0.1, -0.05) is 0 Å². The summed E-state index contributed by atoms with van der Waals surface area (Å²) in [5, 5.41) is 8.93. The van der Waals surface area contributed by atoms with Gasteiger partial charge in [0.25, 0.3) is 0 Å². The summed E-state index contributed by atoms with van der Waals surface area (Å²) in [6.45, 7) is 0. The molecule has 6 heteroatoms. The first-order chi connectivity index (χ1) is 8.13. The number of nitrogens with zero attached hydrogens (tertiary/aromatic N) is 1. The molecule has 94 valence electrons. The Morgan fingerprint density at radius 1 is 1.41 bits per heavy atom. The monoisotopic (exact) mass is 241 g/mol. The van der Waals surface area contributed by atoms with Gasteiger partial charge in [0.15, 0.2) is 6.10 Å². The van der Waals surface area contributed by atoms with Gasteiger partial charge in [-0.2, -0.15) is 0 Å². The number of ether oxygens (including phenoxy) is 3. The molecule has 1 aromatic heterocycles. The third-order valence-corrected chi connectivity index (χ3v) is 2.34. The van der Waals surface area contributed by atoms with Crippen LogP contribution in [0.3, 0.4) is 0 Å². The molecule has 0 aliphatic rings. The maximum absolute atomic E-state index is 10.9. The molecule has 0 saturated heterocycles. The first-order valence-corrected chi connectivity index (χ1v) is 4.95. The number of hydrogen-bond donors (Lipinski definition) is 1. The van der Waals surface area contributed by atoms with Crippen LogP contribution >= 0.6 is 0 Å². The SMILES string of the molecule is COc1ccnc(OC)c1CC(OC)C(=O)O. The number of aromatic nitrogens is 1. The predicted octanol–water partition coefficient (Wildman–Crippen LogP) is 0.741. The first kappa shape index (κ1) is 13.2. The normalized spacial score (nSPS) is 11.9. The second-order valence-electron chi connectivity index (χ2n) is 3.27. The molecular weight excluding hydrogens is 226 g/mol. The van der Waals surface area contributed by atoms with Gasteiger partial charge in [0, 0.05) is 19.7 Å². The molecule has 0 aromatic carbocycles. The minimum atomic E-state index is -1.04. The Morgan fingerprint density at radius 3 is 2.59 bits per heavy atom. The summed E-state index contributed by atoms with van der Waals surface area (Å²) in [7, 11) is 4.31. The number of carboxylic acids is 1. The van der Waals surface area contributed by atoms with Crippen molar-refractivity contribution in [2.24, 2.45) is 0 Å². The Hall–Kier alpha value is -1.82. The molecule has 1 N–H and O–H groups in total. The maximum Gasteiger partial charge on any atom is 0.333 e. The van der Waals surface area contributed by atoms with Crippen LogP contribution in [0.1, 0.15) is 5.56 Å². The molecule has 0 spiro atoms. The fourth-order valence-corrected chi connectivity index (χ4v) is 1.47. The first-order valence-electron chi connectivity index (χ1n) is 4.95. The second-order valence-corrected chi connectivity index (χ2v) is 3.27. The molecule has 0 saturated carbocycles. The van der Waals surface area contributed by atoms with Crippen LogP contribution in [0, 0.1) is 0 Å². The standard InChI is InChI=1S/C11H15NO5/c1-15-8-4-5-12-10(17-3)7(8)6-9(16-2)11(13)14/h4-5,9H,6H2,1-3H3,(H,13,14). The lowest BCUT2D eigenvalue weighted by Gasteiger charge is -2.15. The lowest BCUT2D eigenvalue weighted by atomic mass is 10.1. The lowest BCUT2D eigenvalue weighted by molar-refractivity contribution is -0.148. The summed E-state index contributed by atoms with van der Waals surface area (Å²) < 4.78 is 15.1. The van der Waals surface area contributed by atoms with E-state index in [-0.39, 0.29) is 6.42 Å². The number of carbonyl (C=O) groups is 1. The van der Waals surface area contributed by atoms with E-state index in [1.165, 1.54) is 27.5 Å². The highest BCUT2D eigenvalue weighted by molar-refractivity contribution is 5.73. The number of carboxylic acid groups (broad SMARTS) is 1. The molecule has 6 nitrogen and oxygen atoms in total. The summed E-state index contributed by atoms with van der Waals surface area (Å²) in [4.78, 5) is 14.9. The number of hydrogen-bond acceptors (Lipinski definition) is 5. The van der Waals surface area contributed by atoms with Gasteiger partial charge in [-0.05, 0) is 6.07 Å². The topological polar surface area (TPSA) is 77.9 Å². The van der Waals surface area contributed by atoms with Crippen molar-refractivity contribution in [3.05, 3.63) is 17.8 Å². The third kappa shape index (κ3) is 3.07. The zero-order chi connectivity index (χ0) is 12.8. The molecule has 0 radical (unpaired) electrons. The van der Waals surface area contributed by atoms with E-state index in [2.05, 4.69) is 4.98 Å². The minimum absolute atomic E-state index is 0.131. The van der Waals surface area contributed by atoms with E-state index in [0.717, 1.165) is 0 Å². The fraction of sp³-hybridized carbons (Fsp3) is 0.455. The van der Waals surface area contributed by atoms with E-state index in [4.69, 9.17) is 19.3 Å². The molecule has 1 aromatic rings. The van der Waals surface area contributed by atoms with Crippen LogP contribution in [0.25, 0.3) is 0 Å². The van der Waals surface area contributed by atoms with E-state index in [1.54, 1.807) is 6.07 Å². The second kappa shape index (κ2) is 6.05. The van der Waals surface area contributed by atoms with E-state index >= 15 is 0 Å². The number of methoxy groups -OCH3 is 3. The van der Waals surface area contributed by atoms with Crippen LogP contribution in [0.5, 0.6) is 11.6 Å². The molecule has 1 atom stereocenters. The van der Waals surface area contributed by atoms with Crippen LogP contribution in [-0.4, -0.2) is 43.5 Å². The van der Waals surface area contributed by atoms with Crippen LogP contribution in [0.2, 0.25) is 0 Å². The summed E-state index contributed by atoms with van der Waals surface area (Å²) in [6, 6.07) is 1.65. The van der Waals surface area contributed by atoms with Gasteiger partial charge in [0.2, 0.25) is 5.88 Å². The van der Waals surface area contributed by atoms with E-state index in [0.29, 0.717) is 17.2 Å². The van der Waals surface area contributed by atoms with Crippen molar-refractivity contribution >= 4 is 5.97 Å². The van der Waals surface area contributed by atoms with Crippen molar-refractivity contribution in [3.8, 4) is 11.6 Å². The Bertz CT molecular complexity index is 371. The van der Waals surface area contributed by atoms with Crippen LogP contribution in [-0.2, 0) is 16.0 Å². The summed E-state index contributed by atoms with van der Waals surface area (Å²) in [5.74, 6) is -0.173. The van der Waals surface area contributed by atoms with Gasteiger partial charge >= 0.3 is 5.97 Å². The van der Waals surface area contributed by atoms with Crippen molar-refractivity contribution in [2.45, 2.75) is 12.5 Å². The van der Waals surface area contributed by atoms with Crippen molar-refractivity contribution in [3.63, 3.8) is 0 Å². The largest absolute Gasteiger partial charge is 0.496 e. The molecule has 0 bridgehead atoms. The van der Waals surface area contributed by atoms with E-state index in [1.807, 2.05) is 0 Å². The number of aliphatic carboxylic acids is 1. The predicted molar refractivity (Wildman–Crippen MR) is 59.5 cm³/mol. The zero-order valence-corrected chi connectivity index (χ0v) is 9.97. The van der Waals surface area contributed by atoms with Crippen molar-refractivity contribution in [1.82, 2.24) is 4.98 Å². The van der Waals surface area contributed by atoms with Gasteiger partial charge in [0.05, 0.1) is 19.8 Å². The molecule has 1 rings (SSSR count). The number of pyridine rings is 1. The van der Waals surface area contributed by atoms with Crippen LogP contribution in [0.4, 0.5) is 0 Å². The van der Waals surface area contributed by atoms with Crippen molar-refractivity contribution in [2.75, 3.05) is 21.3 Å². The highest BCUT2D eigenvalue weighted by Gasteiger charge is 2.22. The van der Waals surface area contributed by atoms with E-state index < -0.39 is 12.1 Å². The molecule has 0 aliphatic carbocycles. The Labute approximate surface area is 99.1 Å². The maximum atomic E-state index is 10.9. The lowest BCUT2D eigenvalue weighted by Crippen LogP contribution is -2.25. The molecule has 1 heterocycles. The highest BCUT2D eigenvalue weighted by atomic mass is 16.5. The fourth-order valence-electron chi connectivity index (χ4n) is 1.47. The van der Waals surface area contributed by atoms with Gasteiger partial charge in [-0.3, -0.25) is 0 Å². The van der Waals surface area contributed by atoms with Gasteiger partial charge in [-0.15, -0.1) is 0 Å². The molecule has 17 heavy (non-hydrogen) atoms. The quantitative estimate of drug-likeness (QED) is 0.791. The molecule has 0 fully saturated rings. The Balaban J connectivity index is 3.05. The van der Waals surface area contributed by atoms with Crippen molar-refractivity contribution in [1.29, 1.82) is 0 Å². The smallest absolute Gasteiger partial charge is 0.333 e. The van der Waals surface area contributed by atoms with E-state index in [9.17, 15) is 4.79 Å². The molecule has 1 unspecified atom stereocenters. The summed E-state index contributed by atoms with van der Waals surface area (Å²) >= 11 is 0. The zero-order valence-electron chi connectivity index (χ0n) is 9.97. The van der Waals surface area contributed by atoms with Crippen LogP contribution < -0.4 is 9.47 Å². The Morgan fingerprint density at radius 2 is 2.12 bits per heavy atom. The van der Waals surface area contributed by atoms with Crippen LogP contribution in [0.15, 0.2) is 12.3 Å². The molecular formula is C11H15NO5. The molecule has 0 aliphatic heterocycles. The average molecular weight is 241 g/mol.